The first-order valence-electron chi connectivity index (χ1n) is 6.25. The highest BCUT2D eigenvalue weighted by Crippen LogP contribution is 2.28. The maximum Gasteiger partial charge on any atom is 0.161 e. The summed E-state index contributed by atoms with van der Waals surface area (Å²) < 4.78 is 0.968. The molecule has 0 atom stereocenters. The van der Waals surface area contributed by atoms with Crippen LogP contribution in [-0.4, -0.2) is 9.97 Å². The number of rotatable bonds is 1. The van der Waals surface area contributed by atoms with Gasteiger partial charge in [0.05, 0.1) is 5.52 Å². The lowest BCUT2D eigenvalue weighted by molar-refractivity contribution is 1.21. The van der Waals surface area contributed by atoms with Crippen molar-refractivity contribution in [2.24, 2.45) is 0 Å². The maximum absolute atomic E-state index is 6.30. The minimum atomic E-state index is 0.479. The van der Waals surface area contributed by atoms with Crippen molar-refractivity contribution < 1.29 is 0 Å². The summed E-state index contributed by atoms with van der Waals surface area (Å²) in [6.07, 6.45) is 0. The number of hydrogen-bond donors (Lipinski definition) is 0. The van der Waals surface area contributed by atoms with Crippen LogP contribution in [0, 0.1) is 13.8 Å². The molecule has 1 aromatic heterocycles. The minimum Gasteiger partial charge on any atom is -0.228 e. The van der Waals surface area contributed by atoms with Crippen LogP contribution in [0.2, 0.25) is 5.15 Å². The topological polar surface area (TPSA) is 25.8 Å². The summed E-state index contributed by atoms with van der Waals surface area (Å²) in [6, 6.07) is 12.1. The van der Waals surface area contributed by atoms with Crippen LogP contribution >= 0.6 is 27.5 Å². The van der Waals surface area contributed by atoms with Crippen molar-refractivity contribution in [3.05, 3.63) is 57.2 Å². The molecule has 0 aliphatic heterocycles. The highest BCUT2D eigenvalue weighted by Gasteiger charge is 2.10. The standard InChI is InChI=1S/C16H12BrClN2/c1-9-3-4-10(2)12(7-9)16-19-14-6-5-11(17)8-13(14)15(18)20-16/h3-8H,1-2H3. The summed E-state index contributed by atoms with van der Waals surface area (Å²) >= 11 is 9.74. The number of halogens is 2. The Morgan fingerprint density at radius 3 is 2.60 bits per heavy atom. The average molecular weight is 348 g/mol. The Kier molecular flexibility index (Phi) is 3.48. The van der Waals surface area contributed by atoms with Crippen LogP contribution in [0.25, 0.3) is 22.3 Å². The lowest BCUT2D eigenvalue weighted by atomic mass is 10.0. The Labute approximate surface area is 131 Å². The zero-order chi connectivity index (χ0) is 14.3. The molecule has 3 rings (SSSR count). The van der Waals surface area contributed by atoms with E-state index in [9.17, 15) is 0 Å². The van der Waals surface area contributed by atoms with E-state index in [1.165, 1.54) is 5.56 Å². The maximum atomic E-state index is 6.30. The van der Waals surface area contributed by atoms with Crippen molar-refractivity contribution in [3.8, 4) is 11.4 Å². The largest absolute Gasteiger partial charge is 0.228 e. The fourth-order valence-corrected chi connectivity index (χ4v) is 2.75. The van der Waals surface area contributed by atoms with Crippen LogP contribution in [0.4, 0.5) is 0 Å². The van der Waals surface area contributed by atoms with Crippen molar-refractivity contribution in [1.82, 2.24) is 9.97 Å². The predicted octanol–water partition coefficient (Wildman–Crippen LogP) is 5.33. The van der Waals surface area contributed by atoms with Gasteiger partial charge in [-0.3, -0.25) is 0 Å². The van der Waals surface area contributed by atoms with Crippen molar-refractivity contribution >= 4 is 38.4 Å². The van der Waals surface area contributed by atoms with E-state index in [-0.39, 0.29) is 0 Å². The van der Waals surface area contributed by atoms with Gasteiger partial charge in [0, 0.05) is 15.4 Å². The zero-order valence-corrected chi connectivity index (χ0v) is 13.5. The van der Waals surface area contributed by atoms with Crippen LogP contribution in [0.5, 0.6) is 0 Å². The van der Waals surface area contributed by atoms with Crippen LogP contribution in [0.1, 0.15) is 11.1 Å². The number of hydrogen-bond acceptors (Lipinski definition) is 2. The highest BCUT2D eigenvalue weighted by molar-refractivity contribution is 9.10. The Bertz CT molecular complexity index is 815. The summed E-state index contributed by atoms with van der Waals surface area (Å²) in [7, 11) is 0. The van der Waals surface area contributed by atoms with E-state index in [1.807, 2.05) is 18.2 Å². The lowest BCUT2D eigenvalue weighted by Gasteiger charge is -2.08. The third kappa shape index (κ3) is 2.43. The van der Waals surface area contributed by atoms with E-state index in [0.717, 1.165) is 26.5 Å². The molecule has 0 bridgehead atoms. The van der Waals surface area contributed by atoms with Crippen LogP contribution in [-0.2, 0) is 0 Å². The second-order valence-corrected chi connectivity index (χ2v) is 6.09. The smallest absolute Gasteiger partial charge is 0.161 e. The van der Waals surface area contributed by atoms with Gasteiger partial charge in [0.2, 0.25) is 0 Å². The summed E-state index contributed by atoms with van der Waals surface area (Å²) in [5.41, 5.74) is 4.20. The van der Waals surface area contributed by atoms with E-state index in [0.29, 0.717) is 11.0 Å². The normalized spacial score (nSPS) is 11.0. The van der Waals surface area contributed by atoms with Gasteiger partial charge in [-0.1, -0.05) is 45.2 Å². The lowest BCUT2D eigenvalue weighted by Crippen LogP contribution is -1.94. The molecule has 0 aliphatic carbocycles. The van der Waals surface area contributed by atoms with E-state index >= 15 is 0 Å². The number of aromatic nitrogens is 2. The van der Waals surface area contributed by atoms with Crippen molar-refractivity contribution in [1.29, 1.82) is 0 Å². The molecule has 20 heavy (non-hydrogen) atoms. The Morgan fingerprint density at radius 2 is 1.80 bits per heavy atom. The van der Waals surface area contributed by atoms with Crippen LogP contribution in [0.3, 0.4) is 0 Å². The Morgan fingerprint density at radius 1 is 1.00 bits per heavy atom. The van der Waals surface area contributed by atoms with Gasteiger partial charge in [0.15, 0.2) is 5.82 Å². The molecule has 0 saturated carbocycles. The molecule has 0 radical (unpaired) electrons. The molecule has 4 heteroatoms. The highest BCUT2D eigenvalue weighted by atomic mass is 79.9. The van der Waals surface area contributed by atoms with Crippen molar-refractivity contribution in [3.63, 3.8) is 0 Å². The molecule has 0 saturated heterocycles. The Balaban J connectivity index is 2.27. The van der Waals surface area contributed by atoms with Gasteiger partial charge >= 0.3 is 0 Å². The first-order chi connectivity index (χ1) is 9.54. The molecule has 0 aliphatic rings. The van der Waals surface area contributed by atoms with Crippen LogP contribution < -0.4 is 0 Å². The number of aryl methyl sites for hydroxylation is 2. The van der Waals surface area contributed by atoms with Gasteiger partial charge in [-0.2, -0.15) is 0 Å². The monoisotopic (exact) mass is 346 g/mol. The van der Waals surface area contributed by atoms with Gasteiger partial charge < -0.3 is 0 Å². The third-order valence-corrected chi connectivity index (χ3v) is 4.03. The molecular formula is C16H12BrClN2. The number of benzene rings is 2. The van der Waals surface area contributed by atoms with Crippen LogP contribution in [0.15, 0.2) is 40.9 Å². The van der Waals surface area contributed by atoms with E-state index in [2.05, 4.69) is 57.9 Å². The zero-order valence-electron chi connectivity index (χ0n) is 11.1. The third-order valence-electron chi connectivity index (χ3n) is 3.25. The fraction of sp³-hybridized carbons (Fsp3) is 0.125. The first-order valence-corrected chi connectivity index (χ1v) is 7.42. The molecule has 2 aromatic carbocycles. The quantitative estimate of drug-likeness (QED) is 0.556. The molecule has 0 N–H and O–H groups in total. The van der Waals surface area contributed by atoms with Gasteiger partial charge in [0.25, 0.3) is 0 Å². The van der Waals surface area contributed by atoms with Gasteiger partial charge in [0.1, 0.15) is 5.15 Å². The first kappa shape index (κ1) is 13.5. The summed E-state index contributed by atoms with van der Waals surface area (Å²) in [5.74, 6) is 0.672. The summed E-state index contributed by atoms with van der Waals surface area (Å²) in [6.45, 7) is 4.11. The molecule has 0 amide bonds. The molecule has 0 unspecified atom stereocenters. The molecule has 2 nitrogen and oxygen atoms in total. The second-order valence-electron chi connectivity index (χ2n) is 4.82. The van der Waals surface area contributed by atoms with Gasteiger partial charge in [-0.05, 0) is 43.7 Å². The fourth-order valence-electron chi connectivity index (χ4n) is 2.16. The van der Waals surface area contributed by atoms with E-state index in [1.54, 1.807) is 0 Å². The minimum absolute atomic E-state index is 0.479. The van der Waals surface area contributed by atoms with E-state index < -0.39 is 0 Å². The molecule has 0 spiro atoms. The SMILES string of the molecule is Cc1ccc(C)c(-c2nc(Cl)c3cc(Br)ccc3n2)c1. The molecule has 100 valence electrons. The summed E-state index contributed by atoms with van der Waals surface area (Å²) in [4.78, 5) is 9.08. The van der Waals surface area contributed by atoms with E-state index in [4.69, 9.17) is 11.6 Å². The average Bonchev–Trinajstić information content (AvgIpc) is 2.42. The predicted molar refractivity (Wildman–Crippen MR) is 87.2 cm³/mol. The molecule has 3 aromatic rings. The number of nitrogens with zero attached hydrogens (tertiary/aromatic N) is 2. The Hall–Kier alpha value is -1.45. The van der Waals surface area contributed by atoms with Crippen molar-refractivity contribution in [2.45, 2.75) is 13.8 Å². The number of fused-ring (bicyclic) bond motifs is 1. The molecular weight excluding hydrogens is 336 g/mol. The molecule has 1 heterocycles. The molecule has 0 fully saturated rings. The second kappa shape index (κ2) is 5.15. The van der Waals surface area contributed by atoms with Crippen molar-refractivity contribution in [2.75, 3.05) is 0 Å². The van der Waals surface area contributed by atoms with Gasteiger partial charge in [-0.15, -0.1) is 0 Å². The van der Waals surface area contributed by atoms with Gasteiger partial charge in [-0.25, -0.2) is 9.97 Å². The summed E-state index contributed by atoms with van der Waals surface area (Å²) in [5, 5.41) is 1.34.